The summed E-state index contributed by atoms with van der Waals surface area (Å²) in [5, 5.41) is 1.20. The van der Waals surface area contributed by atoms with Gasteiger partial charge in [0.15, 0.2) is 5.17 Å². The molecule has 2 atom stereocenters. The summed E-state index contributed by atoms with van der Waals surface area (Å²) in [6.07, 6.45) is 1.27. The van der Waals surface area contributed by atoms with Crippen LogP contribution < -0.4 is 20.7 Å². The molecular formula is C22H21Cl2N5O2S. The van der Waals surface area contributed by atoms with Crippen LogP contribution in [0, 0.1) is 5.92 Å². The van der Waals surface area contributed by atoms with Crippen LogP contribution in [0.5, 0.6) is 0 Å². The predicted molar refractivity (Wildman–Crippen MR) is 131 cm³/mol. The maximum Gasteiger partial charge on any atom is 0.241 e. The lowest BCUT2D eigenvalue weighted by Gasteiger charge is -2.33. The topological polar surface area (TPSA) is 77.0 Å². The molecule has 166 valence electrons. The van der Waals surface area contributed by atoms with Crippen molar-refractivity contribution in [2.75, 3.05) is 28.6 Å². The number of amidine groups is 1. The van der Waals surface area contributed by atoms with E-state index in [-0.39, 0.29) is 23.5 Å². The Morgan fingerprint density at radius 1 is 1.28 bits per heavy atom. The van der Waals surface area contributed by atoms with E-state index < -0.39 is 6.17 Å². The molecule has 1 fully saturated rings. The fraction of sp³-hybridized carbons (Fsp3) is 0.227. The van der Waals surface area contributed by atoms with Crippen LogP contribution in [0.1, 0.15) is 0 Å². The first-order valence-electron chi connectivity index (χ1n) is 9.94. The maximum absolute atomic E-state index is 13.3. The van der Waals surface area contributed by atoms with Gasteiger partial charge in [-0.1, -0.05) is 59.2 Å². The first-order valence-corrected chi connectivity index (χ1v) is 11.7. The van der Waals surface area contributed by atoms with Crippen LogP contribution in [0.2, 0.25) is 10.0 Å². The molecule has 0 spiro atoms. The molecule has 2 aromatic carbocycles. The lowest BCUT2D eigenvalue weighted by atomic mass is 10.0. The number of benzene rings is 2. The number of hydrogen-bond acceptors (Lipinski definition) is 6. The van der Waals surface area contributed by atoms with Gasteiger partial charge < -0.3 is 4.90 Å². The third-order valence-corrected chi connectivity index (χ3v) is 6.56. The van der Waals surface area contributed by atoms with Crippen LogP contribution in [0.4, 0.5) is 11.4 Å². The van der Waals surface area contributed by atoms with Gasteiger partial charge >= 0.3 is 0 Å². The third kappa shape index (κ3) is 4.69. The number of anilines is 2. The molecule has 2 N–H and O–H groups in total. The summed E-state index contributed by atoms with van der Waals surface area (Å²) in [7, 11) is 0. The van der Waals surface area contributed by atoms with Gasteiger partial charge in [0, 0.05) is 23.8 Å². The van der Waals surface area contributed by atoms with Crippen LogP contribution in [0.3, 0.4) is 0 Å². The standard InChI is InChI=1S/C22H21Cl2N5O2S/c1-2-10-28(15-6-4-3-5-7-15)19(30)13-32-22-26-20-16(12-25-27-20)21(31)29(22)18-9-8-14(23)11-17(18)24/h2-9,11,16,20,25,27H,1,10,12-13H2. The second-order valence-corrected chi connectivity index (χ2v) is 8.96. The average Bonchev–Trinajstić information content (AvgIpc) is 3.26. The molecule has 10 heteroatoms. The average molecular weight is 490 g/mol. The van der Waals surface area contributed by atoms with E-state index in [2.05, 4.69) is 17.4 Å². The number of hydrogen-bond donors (Lipinski definition) is 2. The van der Waals surface area contributed by atoms with Gasteiger partial charge in [-0.2, -0.15) is 0 Å². The molecule has 0 radical (unpaired) electrons. The summed E-state index contributed by atoms with van der Waals surface area (Å²) in [6, 6.07) is 14.3. The van der Waals surface area contributed by atoms with Gasteiger partial charge in [0.25, 0.3) is 0 Å². The fourth-order valence-electron chi connectivity index (χ4n) is 3.55. The Morgan fingerprint density at radius 2 is 2.06 bits per heavy atom. The first-order chi connectivity index (χ1) is 15.5. The lowest BCUT2D eigenvalue weighted by molar-refractivity contribution is -0.121. The first kappa shape index (κ1) is 22.8. The van der Waals surface area contributed by atoms with Crippen molar-refractivity contribution in [2.45, 2.75) is 6.17 Å². The van der Waals surface area contributed by atoms with E-state index in [0.717, 1.165) is 5.69 Å². The summed E-state index contributed by atoms with van der Waals surface area (Å²) < 4.78 is 0. The Morgan fingerprint density at radius 3 is 2.78 bits per heavy atom. The van der Waals surface area contributed by atoms with E-state index in [0.29, 0.717) is 34.0 Å². The lowest BCUT2D eigenvalue weighted by Crippen LogP contribution is -2.50. The summed E-state index contributed by atoms with van der Waals surface area (Å²) in [5.41, 5.74) is 7.25. The minimum absolute atomic E-state index is 0.0847. The van der Waals surface area contributed by atoms with Crippen molar-refractivity contribution in [3.8, 4) is 0 Å². The summed E-state index contributed by atoms with van der Waals surface area (Å²) >= 11 is 13.6. The van der Waals surface area contributed by atoms with Gasteiger partial charge in [-0.05, 0) is 30.3 Å². The molecular weight excluding hydrogens is 469 g/mol. The van der Waals surface area contributed by atoms with Crippen molar-refractivity contribution in [1.29, 1.82) is 0 Å². The SMILES string of the molecule is C=CCN(C(=O)CSC1=NC2NNCC2C(=O)N1c1ccc(Cl)cc1Cl)c1ccccc1. The molecule has 0 aromatic heterocycles. The monoisotopic (exact) mass is 489 g/mol. The van der Waals surface area contributed by atoms with Gasteiger partial charge in [-0.15, -0.1) is 6.58 Å². The van der Waals surface area contributed by atoms with Crippen LogP contribution in [-0.2, 0) is 9.59 Å². The fourth-order valence-corrected chi connectivity index (χ4v) is 4.95. The Bertz CT molecular complexity index is 1070. The van der Waals surface area contributed by atoms with Crippen LogP contribution in [0.15, 0.2) is 66.2 Å². The molecule has 32 heavy (non-hydrogen) atoms. The molecule has 2 heterocycles. The van der Waals surface area contributed by atoms with Gasteiger partial charge in [0.05, 0.1) is 22.4 Å². The van der Waals surface area contributed by atoms with Gasteiger partial charge in [0.2, 0.25) is 11.8 Å². The largest absolute Gasteiger partial charge is 0.308 e. The number of nitrogens with one attached hydrogen (secondary N) is 2. The quantitative estimate of drug-likeness (QED) is 0.604. The highest BCUT2D eigenvalue weighted by Crippen LogP contribution is 2.35. The van der Waals surface area contributed by atoms with Crippen molar-refractivity contribution >= 4 is 63.3 Å². The van der Waals surface area contributed by atoms with Crippen LogP contribution >= 0.6 is 35.0 Å². The molecule has 2 unspecified atom stereocenters. The van der Waals surface area contributed by atoms with E-state index in [1.807, 2.05) is 30.3 Å². The minimum atomic E-state index is -0.402. The molecule has 2 aliphatic heterocycles. The number of halogens is 2. The van der Waals surface area contributed by atoms with Gasteiger partial charge in [0.1, 0.15) is 6.17 Å². The van der Waals surface area contributed by atoms with E-state index in [4.69, 9.17) is 28.2 Å². The van der Waals surface area contributed by atoms with Crippen molar-refractivity contribution in [1.82, 2.24) is 10.9 Å². The normalized spacial score (nSPS) is 20.0. The zero-order valence-electron chi connectivity index (χ0n) is 17.0. The van der Waals surface area contributed by atoms with E-state index in [1.165, 1.54) is 16.7 Å². The number of aliphatic imine (C=N–C) groups is 1. The Balaban J connectivity index is 1.60. The number of para-hydroxylation sites is 1. The number of rotatable bonds is 6. The molecule has 0 saturated carbocycles. The molecule has 1 saturated heterocycles. The van der Waals surface area contributed by atoms with Crippen molar-refractivity contribution in [3.63, 3.8) is 0 Å². The minimum Gasteiger partial charge on any atom is -0.308 e. The predicted octanol–water partition coefficient (Wildman–Crippen LogP) is 3.70. The zero-order chi connectivity index (χ0) is 22.7. The smallest absolute Gasteiger partial charge is 0.241 e. The molecule has 0 bridgehead atoms. The summed E-state index contributed by atoms with van der Waals surface area (Å²) in [5.74, 6) is -0.560. The molecule has 0 aliphatic carbocycles. The molecule has 2 aliphatic rings. The van der Waals surface area contributed by atoms with Crippen LogP contribution in [0.25, 0.3) is 0 Å². The summed E-state index contributed by atoms with van der Waals surface area (Å²) in [4.78, 5) is 34.2. The molecule has 2 amide bonds. The highest BCUT2D eigenvalue weighted by atomic mass is 35.5. The molecule has 7 nitrogen and oxygen atoms in total. The highest BCUT2D eigenvalue weighted by molar-refractivity contribution is 8.14. The van der Waals surface area contributed by atoms with Crippen molar-refractivity contribution in [2.24, 2.45) is 10.9 Å². The highest BCUT2D eigenvalue weighted by Gasteiger charge is 2.43. The maximum atomic E-state index is 13.3. The molecule has 4 rings (SSSR count). The number of carbonyl (C=O) groups is 2. The Kier molecular flexibility index (Phi) is 7.17. The summed E-state index contributed by atoms with van der Waals surface area (Å²) in [6.45, 7) is 4.58. The number of thioether (sulfide) groups is 1. The van der Waals surface area contributed by atoms with Gasteiger partial charge in [-0.3, -0.25) is 19.9 Å². The number of nitrogens with zero attached hydrogens (tertiary/aromatic N) is 3. The molecule has 2 aromatic rings. The third-order valence-electron chi connectivity index (χ3n) is 5.09. The van der Waals surface area contributed by atoms with Gasteiger partial charge in [-0.25, -0.2) is 10.4 Å². The number of hydrazine groups is 1. The van der Waals surface area contributed by atoms with Crippen molar-refractivity contribution in [3.05, 3.63) is 71.2 Å². The van der Waals surface area contributed by atoms with E-state index in [9.17, 15) is 9.59 Å². The number of fused-ring (bicyclic) bond motifs is 1. The van der Waals surface area contributed by atoms with Crippen LogP contribution in [-0.4, -0.2) is 42.0 Å². The zero-order valence-corrected chi connectivity index (χ0v) is 19.3. The van der Waals surface area contributed by atoms with E-state index >= 15 is 0 Å². The second kappa shape index (κ2) is 10.1. The van der Waals surface area contributed by atoms with Crippen molar-refractivity contribution < 1.29 is 9.59 Å². The number of carbonyl (C=O) groups excluding carboxylic acids is 2. The Labute approximate surface area is 200 Å². The van der Waals surface area contributed by atoms with E-state index in [1.54, 1.807) is 29.2 Å². The Hall–Kier alpha value is -2.36. The second-order valence-electron chi connectivity index (χ2n) is 7.17. The number of amides is 2.